The van der Waals surface area contributed by atoms with Gasteiger partial charge in [0.05, 0.1) is 5.30 Å². The first-order valence-electron chi connectivity index (χ1n) is 4.46. The Hall–Kier alpha value is -1.36. The van der Waals surface area contributed by atoms with Gasteiger partial charge in [0.25, 0.3) is 0 Å². The Balaban J connectivity index is 2.80. The summed E-state index contributed by atoms with van der Waals surface area (Å²) < 4.78 is 10.9. The molecule has 88 valence electrons. The van der Waals surface area contributed by atoms with E-state index in [-0.39, 0.29) is 5.30 Å². The SMILES string of the molecule is C[C@@H](Nc1ccc(P(=O)(O)O)cc1)C(=O)O. The van der Waals surface area contributed by atoms with Crippen molar-refractivity contribution in [1.82, 2.24) is 0 Å². The van der Waals surface area contributed by atoms with Crippen molar-refractivity contribution in [3.8, 4) is 0 Å². The molecule has 0 aliphatic rings. The van der Waals surface area contributed by atoms with Gasteiger partial charge < -0.3 is 20.2 Å². The van der Waals surface area contributed by atoms with E-state index in [1.54, 1.807) is 0 Å². The van der Waals surface area contributed by atoms with Crippen molar-refractivity contribution in [3.05, 3.63) is 24.3 Å². The number of carboxylic acid groups (broad SMARTS) is 1. The molecule has 0 spiro atoms. The quantitative estimate of drug-likeness (QED) is 0.571. The Labute approximate surface area is 92.1 Å². The molecule has 4 N–H and O–H groups in total. The van der Waals surface area contributed by atoms with E-state index in [2.05, 4.69) is 5.32 Å². The molecule has 16 heavy (non-hydrogen) atoms. The summed E-state index contributed by atoms with van der Waals surface area (Å²) in [4.78, 5) is 28.2. The van der Waals surface area contributed by atoms with E-state index in [1.165, 1.54) is 31.2 Å². The van der Waals surface area contributed by atoms with Gasteiger partial charge in [0.15, 0.2) is 0 Å². The highest BCUT2D eigenvalue weighted by molar-refractivity contribution is 7.60. The molecule has 1 atom stereocenters. The molecule has 0 saturated carbocycles. The highest BCUT2D eigenvalue weighted by Gasteiger charge is 2.16. The van der Waals surface area contributed by atoms with Crippen LogP contribution in [0.15, 0.2) is 24.3 Å². The van der Waals surface area contributed by atoms with Crippen LogP contribution >= 0.6 is 7.60 Å². The molecule has 1 aromatic rings. The van der Waals surface area contributed by atoms with Crippen molar-refractivity contribution in [3.63, 3.8) is 0 Å². The lowest BCUT2D eigenvalue weighted by atomic mass is 10.2. The zero-order valence-corrected chi connectivity index (χ0v) is 9.39. The molecule has 0 aromatic heterocycles. The van der Waals surface area contributed by atoms with E-state index >= 15 is 0 Å². The van der Waals surface area contributed by atoms with Crippen LogP contribution in [0.4, 0.5) is 5.69 Å². The topological polar surface area (TPSA) is 107 Å². The molecule has 1 aromatic carbocycles. The van der Waals surface area contributed by atoms with Crippen LogP contribution in [0.2, 0.25) is 0 Å². The highest BCUT2D eigenvalue weighted by Crippen LogP contribution is 2.33. The van der Waals surface area contributed by atoms with Gasteiger partial charge in [-0.25, -0.2) is 0 Å². The third-order valence-corrected chi connectivity index (χ3v) is 2.93. The summed E-state index contributed by atoms with van der Waals surface area (Å²) in [7, 11) is -4.24. The van der Waals surface area contributed by atoms with Gasteiger partial charge in [-0.2, -0.15) is 0 Å². The van der Waals surface area contributed by atoms with Crippen molar-refractivity contribution in [1.29, 1.82) is 0 Å². The maximum atomic E-state index is 10.9. The minimum absolute atomic E-state index is 0.0963. The molecule has 1 rings (SSSR count). The number of hydrogen-bond acceptors (Lipinski definition) is 3. The molecule has 0 aliphatic heterocycles. The van der Waals surface area contributed by atoms with Crippen LogP contribution in [0.1, 0.15) is 6.92 Å². The van der Waals surface area contributed by atoms with E-state index in [1.807, 2.05) is 0 Å². The number of benzene rings is 1. The molecular weight excluding hydrogens is 233 g/mol. The highest BCUT2D eigenvalue weighted by atomic mass is 31.2. The summed E-state index contributed by atoms with van der Waals surface area (Å²) in [6.07, 6.45) is 0. The van der Waals surface area contributed by atoms with Gasteiger partial charge in [-0.1, -0.05) is 0 Å². The van der Waals surface area contributed by atoms with Crippen LogP contribution in [0.5, 0.6) is 0 Å². The van der Waals surface area contributed by atoms with Crippen LogP contribution in [-0.2, 0) is 9.36 Å². The molecule has 0 radical (unpaired) electrons. The zero-order chi connectivity index (χ0) is 12.3. The van der Waals surface area contributed by atoms with Crippen LogP contribution < -0.4 is 10.6 Å². The molecule has 7 heteroatoms. The summed E-state index contributed by atoms with van der Waals surface area (Å²) in [5.41, 5.74) is 0.493. The number of rotatable bonds is 4. The van der Waals surface area contributed by atoms with E-state index < -0.39 is 19.6 Å². The fourth-order valence-corrected chi connectivity index (χ4v) is 1.60. The summed E-state index contributed by atoms with van der Waals surface area (Å²) in [6, 6.07) is 4.61. The van der Waals surface area contributed by atoms with Crippen molar-refractivity contribution in [2.75, 3.05) is 5.32 Å². The minimum Gasteiger partial charge on any atom is -0.480 e. The van der Waals surface area contributed by atoms with Crippen molar-refractivity contribution >= 4 is 24.6 Å². The van der Waals surface area contributed by atoms with Gasteiger partial charge in [0.2, 0.25) is 0 Å². The van der Waals surface area contributed by atoms with Crippen molar-refractivity contribution in [2.24, 2.45) is 0 Å². The fourth-order valence-electron chi connectivity index (χ4n) is 1.06. The molecular formula is C9H12NO5P. The Kier molecular flexibility index (Phi) is 3.70. The first-order chi connectivity index (χ1) is 7.30. The predicted molar refractivity (Wildman–Crippen MR) is 58.8 cm³/mol. The van der Waals surface area contributed by atoms with Gasteiger partial charge in [-0.05, 0) is 31.2 Å². The number of anilines is 1. The smallest absolute Gasteiger partial charge is 0.356 e. The number of carboxylic acids is 1. The number of nitrogens with one attached hydrogen (secondary N) is 1. The first kappa shape index (κ1) is 12.7. The molecule has 0 unspecified atom stereocenters. The van der Waals surface area contributed by atoms with Gasteiger partial charge in [0.1, 0.15) is 6.04 Å². The minimum atomic E-state index is -4.24. The third-order valence-electron chi connectivity index (χ3n) is 1.96. The Bertz CT molecular complexity index is 424. The second kappa shape index (κ2) is 4.65. The van der Waals surface area contributed by atoms with Gasteiger partial charge in [-0.3, -0.25) is 9.36 Å². The lowest BCUT2D eigenvalue weighted by molar-refractivity contribution is -0.137. The maximum absolute atomic E-state index is 10.9. The monoisotopic (exact) mass is 245 g/mol. The molecule has 0 fully saturated rings. The molecule has 0 heterocycles. The molecule has 0 amide bonds. The van der Waals surface area contributed by atoms with Gasteiger partial charge in [-0.15, -0.1) is 0 Å². The van der Waals surface area contributed by atoms with Crippen LogP contribution in [0.3, 0.4) is 0 Å². The summed E-state index contributed by atoms with van der Waals surface area (Å²) >= 11 is 0. The average Bonchev–Trinajstić information content (AvgIpc) is 2.17. The molecule has 0 bridgehead atoms. The van der Waals surface area contributed by atoms with Gasteiger partial charge in [0, 0.05) is 5.69 Å². The fraction of sp³-hybridized carbons (Fsp3) is 0.222. The number of aliphatic carboxylic acids is 1. The van der Waals surface area contributed by atoms with Crippen LogP contribution in [-0.4, -0.2) is 26.9 Å². The Morgan fingerprint density at radius 1 is 1.31 bits per heavy atom. The van der Waals surface area contributed by atoms with E-state index in [9.17, 15) is 9.36 Å². The van der Waals surface area contributed by atoms with E-state index in [0.29, 0.717) is 5.69 Å². The van der Waals surface area contributed by atoms with Gasteiger partial charge >= 0.3 is 13.6 Å². The lowest BCUT2D eigenvalue weighted by Gasteiger charge is -2.11. The maximum Gasteiger partial charge on any atom is 0.356 e. The van der Waals surface area contributed by atoms with Crippen LogP contribution in [0.25, 0.3) is 0 Å². The third kappa shape index (κ3) is 3.34. The second-order valence-corrected chi connectivity index (χ2v) is 4.90. The predicted octanol–water partition coefficient (Wildman–Crippen LogP) is 0.375. The van der Waals surface area contributed by atoms with Crippen molar-refractivity contribution < 1.29 is 24.3 Å². The van der Waals surface area contributed by atoms with Crippen LogP contribution in [0, 0.1) is 0 Å². The summed E-state index contributed by atoms with van der Waals surface area (Å²) in [5.74, 6) is -1.00. The largest absolute Gasteiger partial charge is 0.480 e. The second-order valence-electron chi connectivity index (χ2n) is 3.30. The Morgan fingerprint density at radius 3 is 2.19 bits per heavy atom. The molecule has 0 saturated heterocycles. The van der Waals surface area contributed by atoms with E-state index in [0.717, 1.165) is 0 Å². The first-order valence-corrected chi connectivity index (χ1v) is 6.07. The molecule has 6 nitrogen and oxygen atoms in total. The average molecular weight is 245 g/mol. The number of carbonyl (C=O) groups is 1. The van der Waals surface area contributed by atoms with E-state index in [4.69, 9.17) is 14.9 Å². The number of hydrogen-bond donors (Lipinski definition) is 4. The molecule has 0 aliphatic carbocycles. The van der Waals surface area contributed by atoms with Crippen molar-refractivity contribution in [2.45, 2.75) is 13.0 Å². The Morgan fingerprint density at radius 2 is 1.81 bits per heavy atom. The summed E-state index contributed by atoms with van der Waals surface area (Å²) in [5, 5.41) is 11.2. The zero-order valence-electron chi connectivity index (χ0n) is 8.49. The standard InChI is InChI=1S/C9H12NO5P/c1-6(9(11)12)10-7-2-4-8(5-3-7)16(13,14)15/h2-6,10H,1H3,(H,11,12)(H2,13,14,15)/t6-/m1/s1. The lowest BCUT2D eigenvalue weighted by Crippen LogP contribution is -2.25. The summed E-state index contributed by atoms with van der Waals surface area (Å²) in [6.45, 7) is 1.47. The normalized spacial score (nSPS) is 13.2.